The number of nitrogens with one attached hydrogen (secondary N) is 2. The van der Waals surface area contributed by atoms with Gasteiger partial charge in [-0.3, -0.25) is 9.80 Å². The Morgan fingerprint density at radius 2 is 2.11 bits per heavy atom. The number of hydrogen-bond acceptors (Lipinski definition) is 5. The molecular formula is C19H27Cl2N5O. The summed E-state index contributed by atoms with van der Waals surface area (Å²) in [7, 11) is 0. The average Bonchev–Trinajstić information content (AvgIpc) is 2.96. The molecule has 1 heterocycles. The lowest BCUT2D eigenvalue weighted by molar-refractivity contribution is -0.119. The molecule has 0 saturated heterocycles. The molecule has 1 aliphatic heterocycles. The highest BCUT2D eigenvalue weighted by atomic mass is 35.5. The van der Waals surface area contributed by atoms with Crippen molar-refractivity contribution in [1.29, 1.82) is 0 Å². The predicted octanol–water partition coefficient (Wildman–Crippen LogP) is 3.85. The molecule has 0 bridgehead atoms. The van der Waals surface area contributed by atoms with Gasteiger partial charge < -0.3 is 16.4 Å². The molecular weight excluding hydrogens is 385 g/mol. The van der Waals surface area contributed by atoms with Crippen molar-refractivity contribution in [2.24, 2.45) is 16.8 Å². The molecule has 0 spiro atoms. The number of allylic oxidation sites excluding steroid dienone is 1. The summed E-state index contributed by atoms with van der Waals surface area (Å²) in [6.07, 6.45) is 3.56. The SMILES string of the molecule is CC(C)N/C=C(\N)CCCC(=O)NC1=NN(c2ccc(Cl)c(Cl)c2)C[C@@H]1C. The van der Waals surface area contributed by atoms with Gasteiger partial charge in [-0.1, -0.05) is 30.1 Å². The van der Waals surface area contributed by atoms with Crippen LogP contribution in [-0.4, -0.2) is 24.3 Å². The van der Waals surface area contributed by atoms with Crippen LogP contribution >= 0.6 is 23.2 Å². The van der Waals surface area contributed by atoms with Crippen LogP contribution in [0.5, 0.6) is 0 Å². The van der Waals surface area contributed by atoms with E-state index in [1.54, 1.807) is 18.3 Å². The Hall–Kier alpha value is -1.92. The summed E-state index contributed by atoms with van der Waals surface area (Å²) in [6, 6.07) is 5.70. The van der Waals surface area contributed by atoms with Crippen molar-refractivity contribution < 1.29 is 4.79 Å². The number of amides is 1. The van der Waals surface area contributed by atoms with E-state index in [2.05, 4.69) is 15.7 Å². The zero-order valence-corrected chi connectivity index (χ0v) is 17.4. The zero-order chi connectivity index (χ0) is 20.0. The lowest BCUT2D eigenvalue weighted by Crippen LogP contribution is -2.33. The molecule has 0 unspecified atom stereocenters. The Balaban J connectivity index is 1.85. The largest absolute Gasteiger partial charge is 0.401 e. The second kappa shape index (κ2) is 9.85. The summed E-state index contributed by atoms with van der Waals surface area (Å²) < 4.78 is 0. The van der Waals surface area contributed by atoms with E-state index in [0.29, 0.717) is 47.7 Å². The van der Waals surface area contributed by atoms with Crippen LogP contribution < -0.4 is 21.4 Å². The summed E-state index contributed by atoms with van der Waals surface area (Å²) in [5, 5.41) is 13.4. The lowest BCUT2D eigenvalue weighted by atomic mass is 10.1. The van der Waals surface area contributed by atoms with Gasteiger partial charge >= 0.3 is 0 Å². The molecule has 1 aromatic carbocycles. The highest BCUT2D eigenvalue weighted by Gasteiger charge is 2.25. The number of benzene rings is 1. The first-order chi connectivity index (χ1) is 12.8. The van der Waals surface area contributed by atoms with Crippen LogP contribution in [0.15, 0.2) is 35.2 Å². The van der Waals surface area contributed by atoms with Crippen LogP contribution in [-0.2, 0) is 4.79 Å². The number of carbonyl (C=O) groups excluding carboxylic acids is 1. The molecule has 148 valence electrons. The van der Waals surface area contributed by atoms with Crippen LogP contribution in [0.2, 0.25) is 10.0 Å². The summed E-state index contributed by atoms with van der Waals surface area (Å²) in [5.74, 6) is 0.723. The third-order valence-corrected chi connectivity index (χ3v) is 4.82. The first-order valence-corrected chi connectivity index (χ1v) is 9.83. The fourth-order valence-electron chi connectivity index (χ4n) is 2.58. The van der Waals surface area contributed by atoms with Gasteiger partial charge in [-0.05, 0) is 44.9 Å². The van der Waals surface area contributed by atoms with Crippen molar-refractivity contribution in [1.82, 2.24) is 10.6 Å². The number of nitrogens with zero attached hydrogens (tertiary/aromatic N) is 2. The minimum absolute atomic E-state index is 0.0544. The fourth-order valence-corrected chi connectivity index (χ4v) is 2.87. The Kier molecular flexibility index (Phi) is 7.80. The van der Waals surface area contributed by atoms with Crippen LogP contribution in [0, 0.1) is 5.92 Å². The molecule has 0 saturated carbocycles. The van der Waals surface area contributed by atoms with E-state index in [0.717, 1.165) is 11.4 Å². The van der Waals surface area contributed by atoms with Crippen molar-refractivity contribution in [3.8, 4) is 0 Å². The van der Waals surface area contributed by atoms with Gasteiger partial charge in [0.05, 0.1) is 22.3 Å². The minimum Gasteiger partial charge on any atom is -0.401 e. The Morgan fingerprint density at radius 3 is 2.78 bits per heavy atom. The summed E-state index contributed by atoms with van der Waals surface area (Å²) in [4.78, 5) is 12.2. The van der Waals surface area contributed by atoms with Crippen molar-refractivity contribution in [2.45, 2.75) is 46.1 Å². The second-order valence-electron chi connectivity index (χ2n) is 7.01. The first kappa shape index (κ1) is 21.4. The third kappa shape index (κ3) is 6.63. The van der Waals surface area contributed by atoms with Gasteiger partial charge in [-0.25, -0.2) is 0 Å². The number of nitrogens with two attached hydrogens (primary N) is 1. The van der Waals surface area contributed by atoms with E-state index in [-0.39, 0.29) is 11.8 Å². The maximum Gasteiger partial charge on any atom is 0.225 e. The van der Waals surface area contributed by atoms with Crippen molar-refractivity contribution in [3.63, 3.8) is 0 Å². The highest BCUT2D eigenvalue weighted by Crippen LogP contribution is 2.29. The number of hydrogen-bond donors (Lipinski definition) is 3. The molecule has 1 amide bonds. The first-order valence-electron chi connectivity index (χ1n) is 9.07. The number of rotatable bonds is 7. The van der Waals surface area contributed by atoms with Gasteiger partial charge in [-0.2, -0.15) is 5.10 Å². The second-order valence-corrected chi connectivity index (χ2v) is 7.82. The predicted molar refractivity (Wildman–Crippen MR) is 113 cm³/mol. The van der Waals surface area contributed by atoms with Gasteiger partial charge in [0, 0.05) is 30.3 Å². The fraction of sp³-hybridized carbons (Fsp3) is 0.474. The van der Waals surface area contributed by atoms with Gasteiger partial charge in [0.1, 0.15) is 5.84 Å². The molecule has 1 aromatic rings. The van der Waals surface area contributed by atoms with Crippen molar-refractivity contribution >= 4 is 40.6 Å². The smallest absolute Gasteiger partial charge is 0.225 e. The van der Waals surface area contributed by atoms with E-state index in [1.807, 2.05) is 31.8 Å². The van der Waals surface area contributed by atoms with Crippen molar-refractivity contribution in [2.75, 3.05) is 11.6 Å². The zero-order valence-electron chi connectivity index (χ0n) is 15.9. The third-order valence-electron chi connectivity index (χ3n) is 4.08. The highest BCUT2D eigenvalue weighted by molar-refractivity contribution is 6.42. The summed E-state index contributed by atoms with van der Waals surface area (Å²) >= 11 is 12.0. The van der Waals surface area contributed by atoms with Crippen LogP contribution in [0.4, 0.5) is 5.69 Å². The topological polar surface area (TPSA) is 82.7 Å². The van der Waals surface area contributed by atoms with E-state index in [1.165, 1.54) is 0 Å². The number of amidine groups is 1. The quantitative estimate of drug-likeness (QED) is 0.636. The van der Waals surface area contributed by atoms with Crippen LogP contribution in [0.3, 0.4) is 0 Å². The molecule has 6 nitrogen and oxygen atoms in total. The molecule has 1 atom stereocenters. The normalized spacial score (nSPS) is 17.3. The van der Waals surface area contributed by atoms with E-state index in [4.69, 9.17) is 28.9 Å². The van der Waals surface area contributed by atoms with Crippen molar-refractivity contribution in [3.05, 3.63) is 40.1 Å². The Labute approximate surface area is 170 Å². The summed E-state index contributed by atoms with van der Waals surface area (Å²) in [5.41, 5.74) is 7.50. The number of halogens is 2. The standard InChI is InChI=1S/C19H27Cl2N5O/c1-12(2)23-10-14(22)5-4-6-18(27)24-19-13(3)11-26(25-19)15-7-8-16(20)17(21)9-15/h7-10,12-13,23H,4-6,11,22H2,1-3H3,(H,24,25,27)/b14-10-/t13-/m0/s1. The molecule has 0 fully saturated rings. The Bertz CT molecular complexity index is 733. The number of hydrazone groups is 1. The molecule has 27 heavy (non-hydrogen) atoms. The molecule has 0 aromatic heterocycles. The number of carbonyl (C=O) groups is 1. The van der Waals surface area contributed by atoms with Gasteiger partial charge in [0.25, 0.3) is 0 Å². The maximum atomic E-state index is 12.2. The van der Waals surface area contributed by atoms with Gasteiger partial charge in [-0.15, -0.1) is 0 Å². The number of anilines is 1. The molecule has 2 rings (SSSR count). The maximum absolute atomic E-state index is 12.2. The molecule has 4 N–H and O–H groups in total. The molecule has 1 aliphatic rings. The molecule has 0 radical (unpaired) electrons. The van der Waals surface area contributed by atoms with E-state index in [9.17, 15) is 4.79 Å². The van der Waals surface area contributed by atoms with Gasteiger partial charge in [0.15, 0.2) is 0 Å². The molecule has 8 heteroatoms. The Morgan fingerprint density at radius 1 is 1.37 bits per heavy atom. The molecule has 0 aliphatic carbocycles. The van der Waals surface area contributed by atoms with E-state index < -0.39 is 0 Å². The van der Waals surface area contributed by atoms with Crippen LogP contribution in [0.1, 0.15) is 40.0 Å². The lowest BCUT2D eigenvalue weighted by Gasteiger charge is -2.14. The van der Waals surface area contributed by atoms with E-state index >= 15 is 0 Å². The summed E-state index contributed by atoms with van der Waals surface area (Å²) in [6.45, 7) is 6.78. The average molecular weight is 412 g/mol. The van der Waals surface area contributed by atoms with Gasteiger partial charge in [0.2, 0.25) is 5.91 Å². The minimum atomic E-state index is -0.0544. The monoisotopic (exact) mass is 411 g/mol. The van der Waals surface area contributed by atoms with Crippen LogP contribution in [0.25, 0.3) is 0 Å².